The van der Waals surface area contributed by atoms with Crippen LogP contribution in [0.25, 0.3) is 0 Å². The van der Waals surface area contributed by atoms with Gasteiger partial charge in [0.2, 0.25) is 0 Å². The Kier molecular flexibility index (Phi) is 4.20. The Morgan fingerprint density at radius 2 is 2.07 bits per heavy atom. The molecule has 1 saturated heterocycles. The maximum Gasteiger partial charge on any atom is 0.254 e. The number of ether oxygens (including phenoxy) is 2. The fourth-order valence-electron chi connectivity index (χ4n) is 4.36. The number of fused-ring (bicyclic) bond motifs is 2. The molecule has 4 heterocycles. The normalized spacial score (nSPS) is 24.7. The first-order chi connectivity index (χ1) is 13.3. The van der Waals surface area contributed by atoms with Crippen LogP contribution in [0.3, 0.4) is 0 Å². The van der Waals surface area contributed by atoms with Crippen LogP contribution >= 0.6 is 0 Å². The second kappa shape index (κ2) is 6.85. The van der Waals surface area contributed by atoms with Crippen molar-refractivity contribution in [1.29, 1.82) is 0 Å². The van der Waals surface area contributed by atoms with Gasteiger partial charge in [-0.05, 0) is 37.6 Å². The van der Waals surface area contributed by atoms with Crippen LogP contribution in [0, 0.1) is 0 Å². The quantitative estimate of drug-likeness (QED) is 0.836. The first-order valence-electron chi connectivity index (χ1n) is 9.62. The molecule has 1 fully saturated rings. The lowest BCUT2D eigenvalue weighted by Crippen LogP contribution is -2.51. The first kappa shape index (κ1) is 16.6. The van der Waals surface area contributed by atoms with Gasteiger partial charge in [0.25, 0.3) is 5.91 Å². The molecule has 0 spiro atoms. The molecule has 3 aliphatic rings. The van der Waals surface area contributed by atoms with Crippen LogP contribution in [0.4, 0.5) is 0 Å². The minimum Gasteiger partial charge on any atom is -0.486 e. The molecule has 27 heavy (non-hydrogen) atoms. The number of hydrogen-bond donors (Lipinski definition) is 0. The smallest absolute Gasteiger partial charge is 0.254 e. The Balaban J connectivity index is 1.23. The number of benzene rings is 1. The minimum absolute atomic E-state index is 0.0225. The summed E-state index contributed by atoms with van der Waals surface area (Å²) < 4.78 is 12.0. The number of carbonyl (C=O) groups excluding carboxylic acids is 1. The lowest BCUT2D eigenvalue weighted by Gasteiger charge is -2.39. The lowest BCUT2D eigenvalue weighted by molar-refractivity contribution is 0.0306. The van der Waals surface area contributed by atoms with Gasteiger partial charge >= 0.3 is 0 Å². The number of piperidine rings is 1. The highest BCUT2D eigenvalue weighted by Gasteiger charge is 2.35. The van der Waals surface area contributed by atoms with Crippen LogP contribution in [-0.2, 0) is 6.54 Å². The third-order valence-corrected chi connectivity index (χ3v) is 5.69. The number of nitrogens with zero attached hydrogens (tertiary/aromatic N) is 3. The van der Waals surface area contributed by atoms with Crippen molar-refractivity contribution in [2.24, 2.45) is 0 Å². The number of amides is 1. The molecule has 1 aromatic carbocycles. The predicted molar refractivity (Wildman–Crippen MR) is 99.9 cm³/mol. The maximum atomic E-state index is 12.8. The van der Waals surface area contributed by atoms with Gasteiger partial charge in [0.15, 0.2) is 11.5 Å². The van der Waals surface area contributed by atoms with Crippen molar-refractivity contribution in [3.8, 4) is 11.5 Å². The zero-order valence-electron chi connectivity index (χ0n) is 15.2. The van der Waals surface area contributed by atoms with Gasteiger partial charge in [0, 0.05) is 49.2 Å². The van der Waals surface area contributed by atoms with Crippen LogP contribution < -0.4 is 9.47 Å². The average molecular weight is 365 g/mol. The van der Waals surface area contributed by atoms with Crippen LogP contribution in [0.5, 0.6) is 11.5 Å². The largest absolute Gasteiger partial charge is 0.486 e. The molecular weight excluding hydrogens is 342 g/mol. The minimum atomic E-state index is 0.0225. The fraction of sp³-hybridized carbons (Fsp3) is 0.429. The summed E-state index contributed by atoms with van der Waals surface area (Å²) in [5, 5.41) is 0. The van der Waals surface area contributed by atoms with E-state index in [1.807, 2.05) is 41.4 Å². The monoisotopic (exact) mass is 365 g/mol. The van der Waals surface area contributed by atoms with E-state index in [9.17, 15) is 4.79 Å². The first-order valence-corrected chi connectivity index (χ1v) is 9.62. The third kappa shape index (κ3) is 3.14. The Morgan fingerprint density at radius 3 is 2.96 bits per heavy atom. The van der Waals surface area contributed by atoms with Gasteiger partial charge in [-0.15, -0.1) is 0 Å². The number of carbonyl (C=O) groups is 1. The van der Waals surface area contributed by atoms with Crippen LogP contribution in [0.1, 0.15) is 28.8 Å². The van der Waals surface area contributed by atoms with Gasteiger partial charge in [0.1, 0.15) is 12.7 Å². The topological polar surface area (TPSA) is 54.9 Å². The number of rotatable bonds is 3. The number of hydrogen-bond acceptors (Lipinski definition) is 5. The van der Waals surface area contributed by atoms with E-state index < -0.39 is 0 Å². The van der Waals surface area contributed by atoms with Gasteiger partial charge in [-0.1, -0.05) is 12.1 Å². The summed E-state index contributed by atoms with van der Waals surface area (Å²) in [5.74, 6) is 1.78. The highest BCUT2D eigenvalue weighted by Crippen LogP contribution is 2.32. The van der Waals surface area contributed by atoms with E-state index in [2.05, 4.69) is 9.88 Å². The van der Waals surface area contributed by atoms with Crippen molar-refractivity contribution < 1.29 is 14.3 Å². The number of pyridine rings is 1. The number of aromatic nitrogens is 1. The third-order valence-electron chi connectivity index (χ3n) is 5.69. The molecule has 1 aromatic heterocycles. The van der Waals surface area contributed by atoms with Crippen molar-refractivity contribution in [2.45, 2.75) is 31.5 Å². The van der Waals surface area contributed by atoms with Crippen LogP contribution in [0.15, 0.2) is 42.7 Å². The number of likely N-dealkylation sites (tertiary alicyclic amines) is 1. The second-order valence-electron chi connectivity index (χ2n) is 7.52. The summed E-state index contributed by atoms with van der Waals surface area (Å²) in [7, 11) is 0. The summed E-state index contributed by atoms with van der Waals surface area (Å²) in [5.41, 5.74) is 1.85. The van der Waals surface area contributed by atoms with Crippen LogP contribution in [-0.4, -0.2) is 59.1 Å². The van der Waals surface area contributed by atoms with Crippen molar-refractivity contribution in [1.82, 2.24) is 14.8 Å². The zero-order chi connectivity index (χ0) is 18.2. The molecule has 0 bridgehead atoms. The fourth-order valence-corrected chi connectivity index (χ4v) is 4.36. The standard InChI is InChI=1S/C21H23N3O3/c25-21-18-7-8-22-10-15(18)11-24(21)16-4-3-9-23(12-16)13-17-14-26-19-5-1-2-6-20(19)27-17/h1-2,5-8,10,16-17H,3-4,9,11-14H2/t16-,17-/m0/s1. The Hall–Kier alpha value is -2.60. The van der Waals surface area contributed by atoms with Crippen molar-refractivity contribution in [3.63, 3.8) is 0 Å². The van der Waals surface area contributed by atoms with Crippen LogP contribution in [0.2, 0.25) is 0 Å². The summed E-state index contributed by atoms with van der Waals surface area (Å²) in [6, 6.07) is 9.90. The van der Waals surface area contributed by atoms with E-state index in [0.29, 0.717) is 13.2 Å². The molecule has 0 unspecified atom stereocenters. The highest BCUT2D eigenvalue weighted by molar-refractivity contribution is 5.98. The van der Waals surface area contributed by atoms with E-state index in [1.165, 1.54) is 0 Å². The zero-order valence-corrected chi connectivity index (χ0v) is 15.2. The molecular formula is C21H23N3O3. The summed E-state index contributed by atoms with van der Waals surface area (Å²) in [6.45, 7) is 3.99. The Bertz CT molecular complexity index is 856. The molecule has 2 atom stereocenters. The molecule has 0 N–H and O–H groups in total. The van der Waals surface area contributed by atoms with E-state index in [1.54, 1.807) is 6.20 Å². The Morgan fingerprint density at radius 1 is 1.19 bits per heavy atom. The van der Waals surface area contributed by atoms with Gasteiger partial charge in [-0.2, -0.15) is 0 Å². The molecule has 0 radical (unpaired) electrons. The SMILES string of the molecule is O=C1c2ccncc2CN1[C@H]1CCCN(C[C@H]2COc3ccccc3O2)C1. The molecule has 6 heteroatoms. The van der Waals surface area contributed by atoms with Gasteiger partial charge in [0.05, 0.1) is 0 Å². The van der Waals surface area contributed by atoms with Gasteiger partial charge in [-0.3, -0.25) is 14.7 Å². The van der Waals surface area contributed by atoms with E-state index in [0.717, 1.165) is 55.1 Å². The molecule has 5 rings (SSSR count). The summed E-state index contributed by atoms with van der Waals surface area (Å²) in [6.07, 6.45) is 5.68. The van der Waals surface area contributed by atoms with E-state index in [4.69, 9.17) is 9.47 Å². The predicted octanol–water partition coefficient (Wildman–Crippen LogP) is 2.34. The average Bonchev–Trinajstić information content (AvgIpc) is 3.05. The molecule has 2 aromatic rings. The van der Waals surface area contributed by atoms with Crippen molar-refractivity contribution in [3.05, 3.63) is 53.9 Å². The lowest BCUT2D eigenvalue weighted by atomic mass is 10.0. The molecule has 0 aliphatic carbocycles. The molecule has 0 saturated carbocycles. The molecule has 6 nitrogen and oxygen atoms in total. The highest BCUT2D eigenvalue weighted by atomic mass is 16.6. The summed E-state index contributed by atoms with van der Waals surface area (Å²) >= 11 is 0. The van der Waals surface area contributed by atoms with E-state index in [-0.39, 0.29) is 18.1 Å². The summed E-state index contributed by atoms with van der Waals surface area (Å²) in [4.78, 5) is 21.4. The van der Waals surface area contributed by atoms with Gasteiger partial charge in [-0.25, -0.2) is 0 Å². The second-order valence-corrected chi connectivity index (χ2v) is 7.52. The number of para-hydroxylation sites is 2. The van der Waals surface area contributed by atoms with Gasteiger partial charge < -0.3 is 14.4 Å². The van der Waals surface area contributed by atoms with E-state index >= 15 is 0 Å². The molecule has 1 amide bonds. The molecule has 140 valence electrons. The maximum absolute atomic E-state index is 12.8. The Labute approximate surface area is 158 Å². The van der Waals surface area contributed by atoms with Crippen molar-refractivity contribution in [2.75, 3.05) is 26.2 Å². The van der Waals surface area contributed by atoms with Crippen molar-refractivity contribution >= 4 is 5.91 Å². The molecule has 3 aliphatic heterocycles.